The maximum absolute atomic E-state index is 12.2. The van der Waals surface area contributed by atoms with Crippen molar-refractivity contribution >= 4 is 27.6 Å². The van der Waals surface area contributed by atoms with Crippen LogP contribution in [0.25, 0.3) is 0 Å². The van der Waals surface area contributed by atoms with Crippen molar-refractivity contribution in [2.75, 3.05) is 26.5 Å². The molecular weight excluding hydrogens is 368 g/mol. The number of aryl methyl sites for hydroxylation is 1. The van der Waals surface area contributed by atoms with E-state index in [9.17, 15) is 18.0 Å². The first kappa shape index (κ1) is 20.6. The zero-order valence-corrected chi connectivity index (χ0v) is 16.2. The van der Waals surface area contributed by atoms with Gasteiger partial charge in [-0.1, -0.05) is 24.3 Å². The summed E-state index contributed by atoms with van der Waals surface area (Å²) in [5.41, 5.74) is 1.51. The second-order valence-electron chi connectivity index (χ2n) is 6.02. The number of benzene rings is 2. The van der Waals surface area contributed by atoms with Crippen molar-refractivity contribution in [1.29, 1.82) is 0 Å². The van der Waals surface area contributed by atoms with Crippen LogP contribution in [0.1, 0.15) is 22.3 Å². The van der Waals surface area contributed by atoms with Crippen molar-refractivity contribution in [3.8, 4) is 0 Å². The Balaban J connectivity index is 2.00. The number of carbonyl (C=O) groups excluding carboxylic acids is 2. The lowest BCUT2D eigenvalue weighted by Gasteiger charge is -2.12. The van der Waals surface area contributed by atoms with Gasteiger partial charge in [0.05, 0.1) is 23.3 Å². The fraction of sp³-hybridized carbons (Fsp3) is 0.263. The number of nitrogens with one attached hydrogen (secondary N) is 1. The maximum Gasteiger partial charge on any atom is 0.339 e. The first-order valence-electron chi connectivity index (χ1n) is 8.24. The van der Waals surface area contributed by atoms with Gasteiger partial charge in [0.25, 0.3) is 0 Å². The highest BCUT2D eigenvalue weighted by molar-refractivity contribution is 7.89. The van der Waals surface area contributed by atoms with E-state index in [0.717, 1.165) is 9.87 Å². The number of amides is 1. The molecule has 0 radical (unpaired) electrons. The van der Waals surface area contributed by atoms with E-state index in [1.807, 2.05) is 0 Å². The Kier molecular flexibility index (Phi) is 6.70. The maximum atomic E-state index is 12.2. The highest BCUT2D eigenvalue weighted by Crippen LogP contribution is 2.18. The van der Waals surface area contributed by atoms with Crippen LogP contribution in [0.15, 0.2) is 53.4 Å². The lowest BCUT2D eigenvalue weighted by Crippen LogP contribution is -2.22. The molecule has 2 rings (SSSR count). The van der Waals surface area contributed by atoms with E-state index in [2.05, 4.69) is 5.32 Å². The summed E-state index contributed by atoms with van der Waals surface area (Å²) in [4.78, 5) is 24.1. The minimum atomic E-state index is -3.47. The number of nitrogens with zero attached hydrogens (tertiary/aromatic N) is 1. The molecule has 0 aliphatic carbocycles. The summed E-state index contributed by atoms with van der Waals surface area (Å²) < 4.78 is 29.9. The minimum Gasteiger partial charge on any atom is -0.465 e. The molecular formula is C19H22N2O5S. The van der Waals surface area contributed by atoms with Gasteiger partial charge in [-0.05, 0) is 36.2 Å². The van der Waals surface area contributed by atoms with Crippen LogP contribution in [0, 0.1) is 0 Å². The van der Waals surface area contributed by atoms with Gasteiger partial charge in [-0.25, -0.2) is 17.5 Å². The third-order valence-electron chi connectivity index (χ3n) is 3.95. The van der Waals surface area contributed by atoms with E-state index < -0.39 is 16.0 Å². The van der Waals surface area contributed by atoms with E-state index in [4.69, 9.17) is 4.74 Å². The zero-order valence-electron chi connectivity index (χ0n) is 15.4. The Hall–Kier alpha value is -2.71. The third kappa shape index (κ3) is 5.15. The summed E-state index contributed by atoms with van der Waals surface area (Å²) in [5, 5.41) is 2.70. The molecule has 27 heavy (non-hydrogen) atoms. The topological polar surface area (TPSA) is 92.8 Å². The Bertz CT molecular complexity index is 921. The summed E-state index contributed by atoms with van der Waals surface area (Å²) >= 11 is 0. The van der Waals surface area contributed by atoms with Crippen molar-refractivity contribution in [2.24, 2.45) is 0 Å². The average molecular weight is 390 g/mol. The third-order valence-corrected chi connectivity index (χ3v) is 5.78. The van der Waals surface area contributed by atoms with Crippen LogP contribution in [0.2, 0.25) is 0 Å². The molecule has 0 heterocycles. The first-order chi connectivity index (χ1) is 12.8. The molecule has 0 saturated heterocycles. The van der Waals surface area contributed by atoms with Crippen LogP contribution in [0.4, 0.5) is 5.69 Å². The molecule has 1 amide bonds. The lowest BCUT2D eigenvalue weighted by molar-refractivity contribution is -0.116. The number of hydrogen-bond donors (Lipinski definition) is 1. The van der Waals surface area contributed by atoms with Gasteiger partial charge in [0.15, 0.2) is 0 Å². The molecule has 0 atom stereocenters. The van der Waals surface area contributed by atoms with E-state index in [1.54, 1.807) is 36.4 Å². The summed E-state index contributed by atoms with van der Waals surface area (Å²) in [6, 6.07) is 13.0. The van der Waals surface area contributed by atoms with E-state index in [-0.39, 0.29) is 22.8 Å². The van der Waals surface area contributed by atoms with Gasteiger partial charge in [0, 0.05) is 20.5 Å². The largest absolute Gasteiger partial charge is 0.465 e. The number of esters is 1. The summed E-state index contributed by atoms with van der Waals surface area (Å²) in [6.45, 7) is 0. The monoisotopic (exact) mass is 390 g/mol. The van der Waals surface area contributed by atoms with Crippen LogP contribution >= 0.6 is 0 Å². The Labute approximate surface area is 159 Å². The molecule has 0 spiro atoms. The minimum absolute atomic E-state index is 0.190. The van der Waals surface area contributed by atoms with Crippen molar-refractivity contribution in [2.45, 2.75) is 17.7 Å². The second kappa shape index (κ2) is 8.79. The summed E-state index contributed by atoms with van der Waals surface area (Å²) in [6.07, 6.45) is 0.629. The molecule has 0 aromatic heterocycles. The molecule has 0 unspecified atom stereocenters. The van der Waals surface area contributed by atoms with Gasteiger partial charge in [0.1, 0.15) is 0 Å². The van der Waals surface area contributed by atoms with Crippen LogP contribution in [-0.4, -0.2) is 45.8 Å². The predicted octanol–water partition coefficient (Wildman–Crippen LogP) is 2.29. The quantitative estimate of drug-likeness (QED) is 0.732. The smallest absolute Gasteiger partial charge is 0.339 e. The molecule has 2 aromatic rings. The van der Waals surface area contributed by atoms with Crippen LogP contribution in [0.5, 0.6) is 0 Å². The summed E-state index contributed by atoms with van der Waals surface area (Å²) in [7, 11) is 0.752. The number of anilines is 1. The van der Waals surface area contributed by atoms with Gasteiger partial charge in [-0.3, -0.25) is 4.79 Å². The van der Waals surface area contributed by atoms with Gasteiger partial charge in [-0.15, -0.1) is 0 Å². The van der Waals surface area contributed by atoms with Gasteiger partial charge in [-0.2, -0.15) is 0 Å². The SMILES string of the molecule is COC(=O)c1ccccc1NC(=O)CCc1ccc(S(=O)(=O)N(C)C)cc1. The molecule has 2 aromatic carbocycles. The van der Waals surface area contributed by atoms with E-state index in [1.165, 1.54) is 33.3 Å². The number of sulfonamides is 1. The number of carbonyl (C=O) groups is 2. The van der Waals surface area contributed by atoms with Crippen molar-refractivity contribution in [3.05, 3.63) is 59.7 Å². The molecule has 0 bridgehead atoms. The molecule has 144 valence electrons. The van der Waals surface area contributed by atoms with E-state index in [0.29, 0.717) is 12.1 Å². The molecule has 8 heteroatoms. The average Bonchev–Trinajstić information content (AvgIpc) is 2.66. The molecule has 1 N–H and O–H groups in total. The molecule has 0 aliphatic heterocycles. The standard InChI is InChI=1S/C19H22N2O5S/c1-21(2)27(24,25)15-11-8-14(9-12-15)10-13-18(22)20-17-7-5-4-6-16(17)19(23)26-3/h4-9,11-12H,10,13H2,1-3H3,(H,20,22). The normalized spacial score (nSPS) is 11.3. The van der Waals surface area contributed by atoms with Gasteiger partial charge in [0.2, 0.25) is 15.9 Å². The fourth-order valence-electron chi connectivity index (χ4n) is 2.39. The lowest BCUT2D eigenvalue weighted by atomic mass is 10.1. The number of para-hydroxylation sites is 1. The Morgan fingerprint density at radius 2 is 1.67 bits per heavy atom. The van der Waals surface area contributed by atoms with Crippen LogP contribution in [0.3, 0.4) is 0 Å². The molecule has 0 aliphatic rings. The number of ether oxygens (including phenoxy) is 1. The zero-order chi connectivity index (χ0) is 20.0. The molecule has 7 nitrogen and oxygen atoms in total. The number of rotatable bonds is 7. The highest BCUT2D eigenvalue weighted by atomic mass is 32.2. The molecule has 0 saturated carbocycles. The van der Waals surface area contributed by atoms with Crippen molar-refractivity contribution < 1.29 is 22.7 Å². The number of hydrogen-bond acceptors (Lipinski definition) is 5. The fourth-order valence-corrected chi connectivity index (χ4v) is 3.29. The second-order valence-corrected chi connectivity index (χ2v) is 8.17. The Morgan fingerprint density at radius 1 is 1.04 bits per heavy atom. The van der Waals surface area contributed by atoms with Crippen LogP contribution < -0.4 is 5.32 Å². The number of methoxy groups -OCH3 is 1. The summed E-state index contributed by atoms with van der Waals surface area (Å²) in [5.74, 6) is -0.778. The van der Waals surface area contributed by atoms with Crippen LogP contribution in [-0.2, 0) is 26.0 Å². The van der Waals surface area contributed by atoms with Gasteiger partial charge >= 0.3 is 5.97 Å². The highest BCUT2D eigenvalue weighted by Gasteiger charge is 2.17. The first-order valence-corrected chi connectivity index (χ1v) is 9.68. The predicted molar refractivity (Wildman–Crippen MR) is 102 cm³/mol. The van der Waals surface area contributed by atoms with Crippen molar-refractivity contribution in [1.82, 2.24) is 4.31 Å². The van der Waals surface area contributed by atoms with Crippen molar-refractivity contribution in [3.63, 3.8) is 0 Å². The Morgan fingerprint density at radius 3 is 2.26 bits per heavy atom. The van der Waals surface area contributed by atoms with Gasteiger partial charge < -0.3 is 10.1 Å². The molecule has 0 fully saturated rings. The van der Waals surface area contributed by atoms with E-state index >= 15 is 0 Å².